The summed E-state index contributed by atoms with van der Waals surface area (Å²) >= 11 is 5.61. The Balaban J connectivity index is 1.73. The number of hydrogen-bond acceptors (Lipinski definition) is 4. The highest BCUT2D eigenvalue weighted by molar-refractivity contribution is 6.31. The number of rotatable bonds is 5. The maximum Gasteiger partial charge on any atom is 0.416 e. The molecule has 2 saturated heterocycles. The minimum Gasteiger partial charge on any atom is -0.371 e. The van der Waals surface area contributed by atoms with Crippen molar-refractivity contribution in [3.8, 4) is 0 Å². The molecule has 7 nitrogen and oxygen atoms in total. The SMILES string of the molecule is Cc1cc(C(F)(F)F)cc(N2C(=O)N(CC3CO3)C[C@H]2C(=O)N(C)c2ccc(F)c(Cl)c2F)n1. The summed E-state index contributed by atoms with van der Waals surface area (Å²) in [5.41, 5.74) is -1.42. The fourth-order valence-corrected chi connectivity index (χ4v) is 3.89. The van der Waals surface area contributed by atoms with Gasteiger partial charge in [-0.25, -0.2) is 18.6 Å². The van der Waals surface area contributed by atoms with Gasteiger partial charge in [0.1, 0.15) is 22.7 Å². The molecule has 0 saturated carbocycles. The van der Waals surface area contributed by atoms with Gasteiger partial charge in [-0.1, -0.05) is 11.6 Å². The van der Waals surface area contributed by atoms with Crippen LogP contribution in [0.15, 0.2) is 24.3 Å². The zero-order valence-electron chi connectivity index (χ0n) is 17.9. The van der Waals surface area contributed by atoms with Crippen LogP contribution in [0.5, 0.6) is 0 Å². The molecule has 0 bridgehead atoms. The largest absolute Gasteiger partial charge is 0.416 e. The van der Waals surface area contributed by atoms with E-state index in [1.807, 2.05) is 0 Å². The highest BCUT2D eigenvalue weighted by Crippen LogP contribution is 2.35. The molecule has 0 radical (unpaired) electrons. The van der Waals surface area contributed by atoms with Gasteiger partial charge in [0.2, 0.25) is 0 Å². The van der Waals surface area contributed by atoms with Crippen molar-refractivity contribution < 1.29 is 36.3 Å². The van der Waals surface area contributed by atoms with Crippen LogP contribution in [0.4, 0.5) is 38.3 Å². The molecular formula is C21H18ClF5N4O3. The first-order chi connectivity index (χ1) is 15.9. The molecule has 4 rings (SSSR count). The molecule has 2 aliphatic rings. The number of ether oxygens (including phenoxy) is 1. The van der Waals surface area contributed by atoms with E-state index in [-0.39, 0.29) is 36.4 Å². The van der Waals surface area contributed by atoms with Crippen molar-refractivity contribution >= 4 is 35.0 Å². The van der Waals surface area contributed by atoms with Gasteiger partial charge < -0.3 is 14.5 Å². The lowest BCUT2D eigenvalue weighted by Crippen LogP contribution is -2.47. The number of aromatic nitrogens is 1. The number of alkyl halides is 3. The second kappa shape index (κ2) is 8.66. The van der Waals surface area contributed by atoms with E-state index in [2.05, 4.69) is 4.98 Å². The van der Waals surface area contributed by atoms with Crippen LogP contribution >= 0.6 is 11.6 Å². The lowest BCUT2D eigenvalue weighted by Gasteiger charge is -2.27. The standard InChI is InChI=1S/C21H18ClF5N4O3/c1-10-5-11(21(25,26)27)6-16(28-10)31-15(8-30(20(31)33)7-12-9-34-12)19(32)29(2)14-4-3-13(23)17(22)18(14)24/h3-6,12,15H,7-9H2,1-2H3/t12?,15-/m0/s1. The van der Waals surface area contributed by atoms with Crippen LogP contribution in [0.2, 0.25) is 5.02 Å². The van der Waals surface area contributed by atoms with E-state index in [1.54, 1.807) is 0 Å². The molecule has 3 amide bonds. The molecule has 0 aliphatic carbocycles. The molecule has 0 N–H and O–H groups in total. The third kappa shape index (κ3) is 4.51. The molecule has 0 spiro atoms. The zero-order chi connectivity index (χ0) is 24.9. The number of benzene rings is 1. The molecule has 13 heteroatoms. The van der Waals surface area contributed by atoms with E-state index in [4.69, 9.17) is 16.3 Å². The van der Waals surface area contributed by atoms with Gasteiger partial charge in [-0.15, -0.1) is 0 Å². The number of likely N-dealkylation sites (N-methyl/N-ethyl adjacent to an activating group) is 1. The van der Waals surface area contributed by atoms with Gasteiger partial charge in [0, 0.05) is 12.7 Å². The predicted octanol–water partition coefficient (Wildman–Crippen LogP) is 4.01. The molecule has 1 unspecified atom stereocenters. The van der Waals surface area contributed by atoms with Crippen LogP contribution < -0.4 is 9.80 Å². The number of amides is 3. The minimum absolute atomic E-state index is 0.0162. The van der Waals surface area contributed by atoms with Crippen LogP contribution in [0.25, 0.3) is 0 Å². The van der Waals surface area contributed by atoms with Crippen LogP contribution in [0.3, 0.4) is 0 Å². The number of pyridine rings is 1. The third-order valence-corrected chi connectivity index (χ3v) is 5.86. The quantitative estimate of drug-likeness (QED) is 0.350. The summed E-state index contributed by atoms with van der Waals surface area (Å²) in [6, 6.07) is 1.28. The number of epoxide rings is 1. The summed E-state index contributed by atoms with van der Waals surface area (Å²) < 4.78 is 73.4. The molecule has 182 valence electrons. The van der Waals surface area contributed by atoms with Crippen LogP contribution in [-0.2, 0) is 15.7 Å². The van der Waals surface area contributed by atoms with Gasteiger partial charge in [0.15, 0.2) is 5.82 Å². The number of aryl methyl sites for hydroxylation is 1. The number of urea groups is 1. The highest BCUT2D eigenvalue weighted by Gasteiger charge is 2.47. The van der Waals surface area contributed by atoms with Crippen molar-refractivity contribution in [2.45, 2.75) is 25.2 Å². The zero-order valence-corrected chi connectivity index (χ0v) is 18.6. The molecule has 1 aromatic carbocycles. The maximum atomic E-state index is 14.5. The number of carbonyl (C=O) groups is 2. The molecule has 3 heterocycles. The van der Waals surface area contributed by atoms with Crippen LogP contribution in [0, 0.1) is 18.6 Å². The van der Waals surface area contributed by atoms with Crippen LogP contribution in [0.1, 0.15) is 11.3 Å². The van der Waals surface area contributed by atoms with Crippen molar-refractivity contribution in [3.63, 3.8) is 0 Å². The van der Waals surface area contributed by atoms with Gasteiger partial charge in [-0.2, -0.15) is 13.2 Å². The topological polar surface area (TPSA) is 69.3 Å². The Labute approximate surface area is 195 Å². The number of halogens is 6. The average molecular weight is 505 g/mol. The molecule has 2 atom stereocenters. The molecule has 2 fully saturated rings. The lowest BCUT2D eigenvalue weighted by molar-refractivity contribution is -0.137. The summed E-state index contributed by atoms with van der Waals surface area (Å²) in [4.78, 5) is 33.5. The fourth-order valence-electron chi connectivity index (χ4n) is 3.73. The summed E-state index contributed by atoms with van der Waals surface area (Å²) in [5.74, 6) is -3.42. The van der Waals surface area contributed by atoms with E-state index in [0.29, 0.717) is 12.7 Å². The van der Waals surface area contributed by atoms with E-state index in [1.165, 1.54) is 18.9 Å². The minimum atomic E-state index is -4.71. The molecule has 34 heavy (non-hydrogen) atoms. The van der Waals surface area contributed by atoms with Gasteiger partial charge in [0.05, 0.1) is 37.1 Å². The summed E-state index contributed by atoms with van der Waals surface area (Å²) in [5, 5.41) is -0.820. The predicted molar refractivity (Wildman–Crippen MR) is 112 cm³/mol. The summed E-state index contributed by atoms with van der Waals surface area (Å²) in [6.07, 6.45) is -4.96. The van der Waals surface area contributed by atoms with Crippen molar-refractivity contribution in [2.24, 2.45) is 0 Å². The van der Waals surface area contributed by atoms with Gasteiger partial charge in [0.25, 0.3) is 5.91 Å². The van der Waals surface area contributed by atoms with Gasteiger partial charge in [-0.3, -0.25) is 9.69 Å². The highest BCUT2D eigenvalue weighted by atomic mass is 35.5. The molecular weight excluding hydrogens is 487 g/mol. The van der Waals surface area contributed by atoms with Crippen molar-refractivity contribution in [1.29, 1.82) is 0 Å². The summed E-state index contributed by atoms with van der Waals surface area (Å²) in [6.45, 7) is 1.66. The Bertz CT molecular complexity index is 1160. The normalized spacial score (nSPS) is 20.2. The Morgan fingerprint density at radius 2 is 1.97 bits per heavy atom. The Morgan fingerprint density at radius 3 is 2.59 bits per heavy atom. The smallest absolute Gasteiger partial charge is 0.371 e. The summed E-state index contributed by atoms with van der Waals surface area (Å²) in [7, 11) is 1.19. The van der Waals surface area contributed by atoms with E-state index < -0.39 is 46.4 Å². The average Bonchev–Trinajstić information content (AvgIpc) is 3.52. The second-order valence-corrected chi connectivity index (χ2v) is 8.35. The third-order valence-electron chi connectivity index (χ3n) is 5.51. The van der Waals surface area contributed by atoms with Gasteiger partial charge in [-0.05, 0) is 31.2 Å². The fraction of sp³-hybridized carbons (Fsp3) is 0.381. The first-order valence-electron chi connectivity index (χ1n) is 10.0. The van der Waals surface area contributed by atoms with E-state index in [9.17, 15) is 31.5 Å². The molecule has 2 aromatic rings. The monoisotopic (exact) mass is 504 g/mol. The Morgan fingerprint density at radius 1 is 1.29 bits per heavy atom. The number of carbonyl (C=O) groups excluding carboxylic acids is 2. The van der Waals surface area contributed by atoms with Crippen molar-refractivity contribution in [1.82, 2.24) is 9.88 Å². The second-order valence-electron chi connectivity index (χ2n) is 7.97. The maximum absolute atomic E-state index is 14.5. The number of nitrogens with zero attached hydrogens (tertiary/aromatic N) is 4. The first-order valence-corrected chi connectivity index (χ1v) is 10.4. The lowest BCUT2D eigenvalue weighted by atomic mass is 10.1. The van der Waals surface area contributed by atoms with Crippen molar-refractivity contribution in [3.05, 3.63) is 52.2 Å². The van der Waals surface area contributed by atoms with E-state index in [0.717, 1.165) is 28.0 Å². The Kier molecular flexibility index (Phi) is 6.15. The first kappa shape index (κ1) is 24.1. The van der Waals surface area contributed by atoms with E-state index >= 15 is 0 Å². The Hall–Kier alpha value is -2.99. The number of hydrogen-bond donors (Lipinski definition) is 0. The number of anilines is 2. The van der Waals surface area contributed by atoms with Crippen LogP contribution in [-0.4, -0.2) is 60.7 Å². The molecule has 1 aromatic heterocycles. The molecule has 2 aliphatic heterocycles. The van der Waals surface area contributed by atoms with Gasteiger partial charge >= 0.3 is 12.2 Å². The van der Waals surface area contributed by atoms with Crippen molar-refractivity contribution in [2.75, 3.05) is 36.5 Å².